The van der Waals surface area contributed by atoms with Crippen LogP contribution in [0, 0.1) is 5.92 Å². The molecular formula is C15H22N2O3. The zero-order valence-corrected chi connectivity index (χ0v) is 12.4. The Hall–Kier alpha value is -2.04. The molecular weight excluding hydrogens is 256 g/mol. The number of hydrogen-bond acceptors (Lipinski definition) is 3. The van der Waals surface area contributed by atoms with E-state index in [4.69, 9.17) is 4.74 Å². The molecule has 5 heteroatoms. The van der Waals surface area contributed by atoms with Crippen molar-refractivity contribution < 1.29 is 14.3 Å². The standard InChI is InChI=1S/C15H22N2O3/c1-5-20-13-8-6-12(7-9-13)17-15(19)14(10(2)3)16-11(4)18/h6-10,14H,5H2,1-4H3,(H,16,18)(H,17,19)/t14-/m1/s1. The van der Waals surface area contributed by atoms with E-state index in [1.165, 1.54) is 6.92 Å². The summed E-state index contributed by atoms with van der Waals surface area (Å²) in [6.07, 6.45) is 0. The summed E-state index contributed by atoms with van der Waals surface area (Å²) in [7, 11) is 0. The van der Waals surface area contributed by atoms with Crippen molar-refractivity contribution in [1.29, 1.82) is 0 Å². The number of benzene rings is 1. The Morgan fingerprint density at radius 2 is 1.80 bits per heavy atom. The van der Waals surface area contributed by atoms with E-state index < -0.39 is 6.04 Å². The molecule has 0 aliphatic rings. The van der Waals surface area contributed by atoms with Gasteiger partial charge in [-0.2, -0.15) is 0 Å². The van der Waals surface area contributed by atoms with Gasteiger partial charge in [0, 0.05) is 12.6 Å². The van der Waals surface area contributed by atoms with Crippen LogP contribution in [-0.4, -0.2) is 24.5 Å². The van der Waals surface area contributed by atoms with Gasteiger partial charge in [0.1, 0.15) is 11.8 Å². The SMILES string of the molecule is CCOc1ccc(NC(=O)[C@H](NC(C)=O)C(C)C)cc1. The number of ether oxygens (including phenoxy) is 1. The van der Waals surface area contributed by atoms with Crippen LogP contribution in [0.15, 0.2) is 24.3 Å². The molecule has 0 saturated heterocycles. The van der Waals surface area contributed by atoms with Gasteiger partial charge in [-0.25, -0.2) is 0 Å². The third-order valence-electron chi connectivity index (χ3n) is 2.74. The van der Waals surface area contributed by atoms with Gasteiger partial charge in [-0.15, -0.1) is 0 Å². The van der Waals surface area contributed by atoms with Gasteiger partial charge in [0.25, 0.3) is 0 Å². The molecule has 1 atom stereocenters. The van der Waals surface area contributed by atoms with Gasteiger partial charge < -0.3 is 15.4 Å². The minimum Gasteiger partial charge on any atom is -0.494 e. The highest BCUT2D eigenvalue weighted by Crippen LogP contribution is 2.16. The molecule has 0 aliphatic heterocycles. The van der Waals surface area contributed by atoms with Crippen LogP contribution in [-0.2, 0) is 9.59 Å². The van der Waals surface area contributed by atoms with E-state index in [1.807, 2.05) is 20.8 Å². The Morgan fingerprint density at radius 1 is 1.20 bits per heavy atom. The average molecular weight is 278 g/mol. The molecule has 0 fully saturated rings. The quantitative estimate of drug-likeness (QED) is 0.838. The molecule has 20 heavy (non-hydrogen) atoms. The molecule has 0 heterocycles. The van der Waals surface area contributed by atoms with Gasteiger partial charge in [0.2, 0.25) is 11.8 Å². The number of carbonyl (C=O) groups is 2. The van der Waals surface area contributed by atoms with Crippen molar-refractivity contribution >= 4 is 17.5 Å². The fraction of sp³-hybridized carbons (Fsp3) is 0.467. The molecule has 0 saturated carbocycles. The van der Waals surface area contributed by atoms with Gasteiger partial charge in [0.05, 0.1) is 6.61 Å². The molecule has 0 aromatic heterocycles. The van der Waals surface area contributed by atoms with Crippen molar-refractivity contribution in [3.63, 3.8) is 0 Å². The Kier molecular flexibility index (Phi) is 6.03. The summed E-state index contributed by atoms with van der Waals surface area (Å²) in [5.74, 6) is 0.333. The first-order valence-corrected chi connectivity index (χ1v) is 6.74. The molecule has 1 rings (SSSR count). The lowest BCUT2D eigenvalue weighted by atomic mass is 10.0. The molecule has 1 aromatic rings. The van der Waals surface area contributed by atoms with Crippen LogP contribution in [0.3, 0.4) is 0 Å². The zero-order chi connectivity index (χ0) is 15.1. The highest BCUT2D eigenvalue weighted by molar-refractivity contribution is 5.97. The molecule has 0 spiro atoms. The maximum Gasteiger partial charge on any atom is 0.247 e. The smallest absolute Gasteiger partial charge is 0.247 e. The van der Waals surface area contributed by atoms with E-state index in [1.54, 1.807) is 24.3 Å². The topological polar surface area (TPSA) is 67.4 Å². The Labute approximate surface area is 119 Å². The molecule has 0 bridgehead atoms. The minimum atomic E-state index is -0.543. The van der Waals surface area contributed by atoms with Crippen molar-refractivity contribution in [2.24, 2.45) is 5.92 Å². The van der Waals surface area contributed by atoms with Crippen molar-refractivity contribution in [3.05, 3.63) is 24.3 Å². The lowest BCUT2D eigenvalue weighted by Crippen LogP contribution is -2.46. The monoisotopic (exact) mass is 278 g/mol. The van der Waals surface area contributed by atoms with Gasteiger partial charge in [-0.3, -0.25) is 9.59 Å². The molecule has 0 unspecified atom stereocenters. The number of carbonyl (C=O) groups excluding carboxylic acids is 2. The summed E-state index contributed by atoms with van der Waals surface area (Å²) in [5, 5.41) is 5.44. The second kappa shape index (κ2) is 7.53. The van der Waals surface area contributed by atoms with Crippen LogP contribution in [0.5, 0.6) is 5.75 Å². The van der Waals surface area contributed by atoms with Crippen LogP contribution >= 0.6 is 0 Å². The highest BCUT2D eigenvalue weighted by Gasteiger charge is 2.22. The number of hydrogen-bond donors (Lipinski definition) is 2. The average Bonchev–Trinajstić information content (AvgIpc) is 2.38. The Balaban J connectivity index is 2.69. The van der Waals surface area contributed by atoms with Crippen LogP contribution in [0.25, 0.3) is 0 Å². The third kappa shape index (κ3) is 4.91. The Bertz CT molecular complexity index is 455. The summed E-state index contributed by atoms with van der Waals surface area (Å²) in [5.41, 5.74) is 0.675. The predicted octanol–water partition coefficient (Wildman–Crippen LogP) is 2.18. The maximum atomic E-state index is 12.1. The molecule has 2 amide bonds. The molecule has 0 aliphatic carbocycles. The number of rotatable bonds is 6. The van der Waals surface area contributed by atoms with Crippen molar-refractivity contribution in [2.75, 3.05) is 11.9 Å². The molecule has 0 radical (unpaired) electrons. The van der Waals surface area contributed by atoms with Crippen molar-refractivity contribution in [2.45, 2.75) is 33.7 Å². The third-order valence-corrected chi connectivity index (χ3v) is 2.74. The van der Waals surface area contributed by atoms with E-state index in [-0.39, 0.29) is 17.7 Å². The highest BCUT2D eigenvalue weighted by atomic mass is 16.5. The fourth-order valence-corrected chi connectivity index (χ4v) is 1.78. The van der Waals surface area contributed by atoms with Crippen LogP contribution in [0.1, 0.15) is 27.7 Å². The molecule has 2 N–H and O–H groups in total. The first kappa shape index (κ1) is 16.0. The van der Waals surface area contributed by atoms with E-state index in [0.717, 1.165) is 5.75 Å². The second-order valence-corrected chi connectivity index (χ2v) is 4.87. The zero-order valence-electron chi connectivity index (χ0n) is 12.4. The van der Waals surface area contributed by atoms with Gasteiger partial charge in [0.15, 0.2) is 0 Å². The van der Waals surface area contributed by atoms with Gasteiger partial charge in [-0.1, -0.05) is 13.8 Å². The first-order chi connectivity index (χ1) is 9.43. The fourth-order valence-electron chi connectivity index (χ4n) is 1.78. The lowest BCUT2D eigenvalue weighted by Gasteiger charge is -2.21. The predicted molar refractivity (Wildman–Crippen MR) is 78.7 cm³/mol. The Morgan fingerprint density at radius 3 is 2.25 bits per heavy atom. The summed E-state index contributed by atoms with van der Waals surface area (Å²) < 4.78 is 5.33. The lowest BCUT2D eigenvalue weighted by molar-refractivity contribution is -0.126. The normalized spacial score (nSPS) is 11.8. The number of nitrogens with one attached hydrogen (secondary N) is 2. The van der Waals surface area contributed by atoms with Crippen molar-refractivity contribution in [3.8, 4) is 5.75 Å². The molecule has 5 nitrogen and oxygen atoms in total. The van der Waals surface area contributed by atoms with Crippen LogP contribution < -0.4 is 15.4 Å². The van der Waals surface area contributed by atoms with Crippen LogP contribution in [0.2, 0.25) is 0 Å². The molecule has 1 aromatic carbocycles. The van der Waals surface area contributed by atoms with Crippen LogP contribution in [0.4, 0.5) is 5.69 Å². The summed E-state index contributed by atoms with van der Waals surface area (Å²) in [4.78, 5) is 23.3. The summed E-state index contributed by atoms with van der Waals surface area (Å²) >= 11 is 0. The van der Waals surface area contributed by atoms with Gasteiger partial charge in [-0.05, 0) is 37.1 Å². The number of amides is 2. The molecule has 110 valence electrons. The van der Waals surface area contributed by atoms with E-state index in [2.05, 4.69) is 10.6 Å². The first-order valence-electron chi connectivity index (χ1n) is 6.74. The van der Waals surface area contributed by atoms with E-state index >= 15 is 0 Å². The van der Waals surface area contributed by atoms with E-state index in [0.29, 0.717) is 12.3 Å². The van der Waals surface area contributed by atoms with Crippen molar-refractivity contribution in [1.82, 2.24) is 5.32 Å². The minimum absolute atomic E-state index is 0.0154. The second-order valence-electron chi connectivity index (χ2n) is 4.87. The maximum absolute atomic E-state index is 12.1. The largest absolute Gasteiger partial charge is 0.494 e. The van der Waals surface area contributed by atoms with Gasteiger partial charge >= 0.3 is 0 Å². The number of anilines is 1. The summed E-state index contributed by atoms with van der Waals surface area (Å²) in [6.45, 7) is 7.69. The van der Waals surface area contributed by atoms with E-state index in [9.17, 15) is 9.59 Å². The summed E-state index contributed by atoms with van der Waals surface area (Å²) in [6, 6.07) is 6.59.